The van der Waals surface area contributed by atoms with Crippen LogP contribution in [0.1, 0.15) is 42.6 Å². The second-order valence-electron chi connectivity index (χ2n) is 8.20. The summed E-state index contributed by atoms with van der Waals surface area (Å²) in [6.45, 7) is 5.36. The predicted octanol–water partition coefficient (Wildman–Crippen LogP) is 3.97. The van der Waals surface area contributed by atoms with Gasteiger partial charge < -0.3 is 15.5 Å². The fourth-order valence-corrected chi connectivity index (χ4v) is 4.62. The number of anilines is 2. The molecule has 2 aromatic rings. The molecule has 1 spiro atoms. The SMILES string of the molecule is CCc1cc(Cl)ccc1C(=O)Nc1cncc(NC2CC3(C2)CN(C(C)=O)C3)c1. The van der Waals surface area contributed by atoms with Gasteiger partial charge in [0, 0.05) is 42.1 Å². The molecule has 7 heteroatoms. The number of nitrogens with one attached hydrogen (secondary N) is 2. The number of amides is 2. The van der Waals surface area contributed by atoms with E-state index in [9.17, 15) is 9.59 Å². The Morgan fingerprint density at radius 1 is 1.21 bits per heavy atom. The van der Waals surface area contributed by atoms with Crippen molar-refractivity contribution in [2.75, 3.05) is 23.7 Å². The number of halogens is 1. The van der Waals surface area contributed by atoms with E-state index in [1.54, 1.807) is 31.5 Å². The van der Waals surface area contributed by atoms with Gasteiger partial charge in [0.2, 0.25) is 5.91 Å². The summed E-state index contributed by atoms with van der Waals surface area (Å²) in [6, 6.07) is 7.58. The fourth-order valence-electron chi connectivity index (χ4n) is 4.43. The first-order valence-electron chi connectivity index (χ1n) is 9.94. The number of aromatic nitrogens is 1. The summed E-state index contributed by atoms with van der Waals surface area (Å²) in [5, 5.41) is 7.05. The summed E-state index contributed by atoms with van der Waals surface area (Å²) < 4.78 is 0. The fraction of sp³-hybridized carbons (Fsp3) is 0.409. The Bertz CT molecular complexity index is 948. The van der Waals surface area contributed by atoms with Gasteiger partial charge in [0.15, 0.2) is 0 Å². The Balaban J connectivity index is 1.35. The molecule has 1 aromatic carbocycles. The summed E-state index contributed by atoms with van der Waals surface area (Å²) >= 11 is 6.04. The van der Waals surface area contributed by atoms with Gasteiger partial charge in [0.05, 0.1) is 23.8 Å². The predicted molar refractivity (Wildman–Crippen MR) is 114 cm³/mol. The number of hydrogen-bond acceptors (Lipinski definition) is 4. The lowest BCUT2D eigenvalue weighted by Crippen LogP contribution is -2.65. The summed E-state index contributed by atoms with van der Waals surface area (Å²) in [4.78, 5) is 30.2. The molecule has 1 aliphatic carbocycles. The first kappa shape index (κ1) is 19.7. The highest BCUT2D eigenvalue weighted by atomic mass is 35.5. The number of hydrogen-bond donors (Lipinski definition) is 2. The third-order valence-electron chi connectivity index (χ3n) is 5.92. The van der Waals surface area contributed by atoms with E-state index in [1.807, 2.05) is 24.0 Å². The Morgan fingerprint density at radius 2 is 1.93 bits per heavy atom. The summed E-state index contributed by atoms with van der Waals surface area (Å²) in [5.74, 6) is -0.00884. The van der Waals surface area contributed by atoms with Crippen molar-refractivity contribution < 1.29 is 9.59 Å². The highest BCUT2D eigenvalue weighted by molar-refractivity contribution is 6.30. The first-order chi connectivity index (χ1) is 13.9. The Hall–Kier alpha value is -2.60. The van der Waals surface area contributed by atoms with Crippen LogP contribution in [0.3, 0.4) is 0 Å². The average molecular weight is 413 g/mol. The quantitative estimate of drug-likeness (QED) is 0.779. The molecule has 0 unspecified atom stereocenters. The third kappa shape index (κ3) is 4.08. The monoisotopic (exact) mass is 412 g/mol. The second-order valence-corrected chi connectivity index (χ2v) is 8.63. The second kappa shape index (κ2) is 7.67. The first-order valence-corrected chi connectivity index (χ1v) is 10.3. The molecule has 2 heterocycles. The van der Waals surface area contributed by atoms with Crippen LogP contribution in [0.4, 0.5) is 11.4 Å². The van der Waals surface area contributed by atoms with Gasteiger partial charge in [-0.3, -0.25) is 14.6 Å². The lowest BCUT2D eigenvalue weighted by molar-refractivity contribution is -0.147. The third-order valence-corrected chi connectivity index (χ3v) is 6.15. The van der Waals surface area contributed by atoms with Crippen LogP contribution >= 0.6 is 11.6 Å². The molecule has 4 rings (SSSR count). The van der Waals surface area contributed by atoms with Crippen LogP contribution in [0.2, 0.25) is 5.02 Å². The van der Waals surface area contributed by atoms with E-state index in [-0.39, 0.29) is 11.8 Å². The van der Waals surface area contributed by atoms with E-state index in [0.717, 1.165) is 43.6 Å². The van der Waals surface area contributed by atoms with Crippen LogP contribution in [-0.2, 0) is 11.2 Å². The molecular formula is C22H25ClN4O2. The molecule has 1 saturated heterocycles. The zero-order valence-electron chi connectivity index (χ0n) is 16.7. The van der Waals surface area contributed by atoms with E-state index in [0.29, 0.717) is 27.7 Å². The molecule has 1 saturated carbocycles. The minimum atomic E-state index is -0.168. The lowest BCUT2D eigenvalue weighted by Gasteiger charge is -2.59. The van der Waals surface area contributed by atoms with Gasteiger partial charge in [-0.15, -0.1) is 0 Å². The molecule has 1 aliphatic heterocycles. The van der Waals surface area contributed by atoms with Crippen molar-refractivity contribution >= 4 is 34.8 Å². The standard InChI is InChI=1S/C22H25ClN4O2/c1-3-15-6-16(23)4-5-20(15)21(29)26-18-7-17(10-24-11-18)25-19-8-22(9-19)12-27(13-22)14(2)28/h4-7,10-11,19,25H,3,8-9,12-13H2,1-2H3,(H,26,29). The minimum Gasteiger partial charge on any atom is -0.381 e. The van der Waals surface area contributed by atoms with Crippen LogP contribution < -0.4 is 10.6 Å². The van der Waals surface area contributed by atoms with Crippen molar-refractivity contribution in [2.45, 2.75) is 39.2 Å². The van der Waals surface area contributed by atoms with Gasteiger partial charge in [-0.25, -0.2) is 0 Å². The van der Waals surface area contributed by atoms with Crippen molar-refractivity contribution in [2.24, 2.45) is 5.41 Å². The molecule has 1 aromatic heterocycles. The van der Waals surface area contributed by atoms with E-state index in [1.165, 1.54) is 0 Å². The highest BCUT2D eigenvalue weighted by Gasteiger charge is 2.53. The molecule has 2 fully saturated rings. The molecule has 0 bridgehead atoms. The number of carbonyl (C=O) groups excluding carboxylic acids is 2. The van der Waals surface area contributed by atoms with Crippen molar-refractivity contribution in [3.63, 3.8) is 0 Å². The van der Waals surface area contributed by atoms with Gasteiger partial charge in [0.25, 0.3) is 5.91 Å². The molecule has 0 radical (unpaired) electrons. The van der Waals surface area contributed by atoms with Crippen LogP contribution in [-0.4, -0.2) is 40.8 Å². The molecule has 152 valence electrons. The van der Waals surface area contributed by atoms with Crippen LogP contribution in [0.5, 0.6) is 0 Å². The highest BCUT2D eigenvalue weighted by Crippen LogP contribution is 2.49. The normalized spacial score (nSPS) is 17.4. The number of rotatable bonds is 5. The molecule has 0 atom stereocenters. The molecular weight excluding hydrogens is 388 g/mol. The van der Waals surface area contributed by atoms with Crippen molar-refractivity contribution in [1.82, 2.24) is 9.88 Å². The van der Waals surface area contributed by atoms with Crippen molar-refractivity contribution in [3.8, 4) is 0 Å². The summed E-state index contributed by atoms with van der Waals surface area (Å²) in [7, 11) is 0. The molecule has 2 N–H and O–H groups in total. The Kier molecular flexibility index (Phi) is 5.21. The number of carbonyl (C=O) groups is 2. The Morgan fingerprint density at radius 3 is 2.62 bits per heavy atom. The van der Waals surface area contributed by atoms with E-state index < -0.39 is 0 Å². The van der Waals surface area contributed by atoms with Crippen molar-refractivity contribution in [3.05, 3.63) is 52.8 Å². The summed E-state index contributed by atoms with van der Waals surface area (Å²) in [5.41, 5.74) is 3.37. The maximum atomic E-state index is 12.7. The number of likely N-dealkylation sites (tertiary alicyclic amines) is 1. The van der Waals surface area contributed by atoms with Crippen LogP contribution in [0.25, 0.3) is 0 Å². The average Bonchev–Trinajstić information content (AvgIpc) is 2.62. The topological polar surface area (TPSA) is 74.3 Å². The largest absolute Gasteiger partial charge is 0.381 e. The number of nitrogens with zero attached hydrogens (tertiary/aromatic N) is 2. The maximum absolute atomic E-state index is 12.7. The van der Waals surface area contributed by atoms with E-state index in [4.69, 9.17) is 11.6 Å². The van der Waals surface area contributed by atoms with E-state index in [2.05, 4.69) is 15.6 Å². The van der Waals surface area contributed by atoms with Gasteiger partial charge in [-0.1, -0.05) is 18.5 Å². The number of pyridine rings is 1. The lowest BCUT2D eigenvalue weighted by atomic mass is 9.60. The van der Waals surface area contributed by atoms with Gasteiger partial charge in [-0.2, -0.15) is 0 Å². The molecule has 2 aliphatic rings. The minimum absolute atomic E-state index is 0.159. The summed E-state index contributed by atoms with van der Waals surface area (Å²) in [6.07, 6.45) is 6.25. The van der Waals surface area contributed by atoms with Gasteiger partial charge >= 0.3 is 0 Å². The zero-order chi connectivity index (χ0) is 20.6. The Labute approximate surface area is 175 Å². The van der Waals surface area contributed by atoms with Gasteiger partial charge in [-0.05, 0) is 49.1 Å². The van der Waals surface area contributed by atoms with Crippen LogP contribution in [0, 0.1) is 5.41 Å². The smallest absolute Gasteiger partial charge is 0.255 e. The van der Waals surface area contributed by atoms with Crippen LogP contribution in [0.15, 0.2) is 36.7 Å². The number of benzene rings is 1. The zero-order valence-corrected chi connectivity index (χ0v) is 17.4. The number of aryl methyl sites for hydroxylation is 1. The molecule has 29 heavy (non-hydrogen) atoms. The van der Waals surface area contributed by atoms with Gasteiger partial charge in [0.1, 0.15) is 0 Å². The maximum Gasteiger partial charge on any atom is 0.255 e. The van der Waals surface area contributed by atoms with E-state index >= 15 is 0 Å². The van der Waals surface area contributed by atoms with Crippen molar-refractivity contribution in [1.29, 1.82) is 0 Å². The molecule has 6 nitrogen and oxygen atoms in total. The molecule has 2 amide bonds.